The fourth-order valence-electron chi connectivity index (χ4n) is 4.07. The Morgan fingerprint density at radius 2 is 1.96 bits per heavy atom. The first kappa shape index (κ1) is 20.7. The number of ether oxygens (including phenoxy) is 2. The van der Waals surface area contributed by atoms with Crippen LogP contribution in [0.2, 0.25) is 0 Å². The van der Waals surface area contributed by atoms with E-state index in [1.807, 2.05) is 24.3 Å². The molecule has 0 fully saturated rings. The highest BCUT2D eigenvalue weighted by Crippen LogP contribution is 2.30. The van der Waals surface area contributed by atoms with Gasteiger partial charge < -0.3 is 20.3 Å². The van der Waals surface area contributed by atoms with Crippen molar-refractivity contribution in [3.8, 4) is 11.5 Å². The first-order valence-electron chi connectivity index (χ1n) is 10.4. The zero-order valence-corrected chi connectivity index (χ0v) is 16.9. The average Bonchev–Trinajstić information content (AvgIpc) is 2.75. The van der Waals surface area contributed by atoms with Crippen molar-refractivity contribution in [3.63, 3.8) is 0 Å². The highest BCUT2D eigenvalue weighted by Gasteiger charge is 2.21. The second-order valence-corrected chi connectivity index (χ2v) is 7.78. The van der Waals surface area contributed by atoms with E-state index in [9.17, 15) is 0 Å². The minimum atomic E-state index is 0.265. The molecule has 0 amide bonds. The van der Waals surface area contributed by atoms with Crippen molar-refractivity contribution in [1.82, 2.24) is 0 Å². The molecule has 1 aliphatic carbocycles. The zero-order valence-electron chi connectivity index (χ0n) is 16.9. The molecular formula is C24H33NO3. The third-order valence-corrected chi connectivity index (χ3v) is 5.80. The van der Waals surface area contributed by atoms with E-state index >= 15 is 0 Å². The quantitative estimate of drug-likeness (QED) is 0.607. The Morgan fingerprint density at radius 3 is 2.75 bits per heavy atom. The van der Waals surface area contributed by atoms with Gasteiger partial charge in [0.25, 0.3) is 0 Å². The Kier molecular flexibility index (Phi) is 7.75. The predicted octanol–water partition coefficient (Wildman–Crippen LogP) is 4.08. The molecule has 1 aliphatic rings. The van der Waals surface area contributed by atoms with Crippen LogP contribution in [0.3, 0.4) is 0 Å². The van der Waals surface area contributed by atoms with Crippen LogP contribution in [0.4, 0.5) is 0 Å². The lowest BCUT2D eigenvalue weighted by Gasteiger charge is -2.26. The molecule has 2 aromatic rings. The highest BCUT2D eigenvalue weighted by atomic mass is 16.5. The summed E-state index contributed by atoms with van der Waals surface area (Å²) >= 11 is 0. The van der Waals surface area contributed by atoms with Crippen LogP contribution in [0.1, 0.15) is 48.3 Å². The molecule has 4 heteroatoms. The van der Waals surface area contributed by atoms with Crippen molar-refractivity contribution in [2.45, 2.75) is 44.4 Å². The van der Waals surface area contributed by atoms with Crippen molar-refractivity contribution in [1.29, 1.82) is 0 Å². The van der Waals surface area contributed by atoms with Crippen molar-refractivity contribution >= 4 is 0 Å². The topological polar surface area (TPSA) is 64.7 Å². The van der Waals surface area contributed by atoms with E-state index in [4.69, 9.17) is 20.3 Å². The number of nitrogens with two attached hydrogens (primary N) is 1. The summed E-state index contributed by atoms with van der Waals surface area (Å²) in [4.78, 5) is 0. The molecule has 0 heterocycles. The molecule has 152 valence electrons. The van der Waals surface area contributed by atoms with Crippen LogP contribution in [0.15, 0.2) is 42.5 Å². The van der Waals surface area contributed by atoms with Crippen LogP contribution in [-0.2, 0) is 12.8 Å². The minimum absolute atomic E-state index is 0.265. The predicted molar refractivity (Wildman–Crippen MR) is 113 cm³/mol. The number of aliphatic hydroxyl groups is 1. The number of unbranched alkanes of at least 4 members (excludes halogenated alkanes) is 1. The Bertz CT molecular complexity index is 746. The normalized spacial score (nSPS) is 17.0. The van der Waals surface area contributed by atoms with E-state index in [0.29, 0.717) is 18.4 Å². The summed E-state index contributed by atoms with van der Waals surface area (Å²) in [6.45, 7) is 1.67. The number of rotatable bonds is 10. The molecular weight excluding hydrogens is 350 g/mol. The standard InChI is InChI=1S/C24H33NO3/c1-27-23-6-4-7-24(15-23)28-17-18-8-9-20-14-21(11-10-19(20)13-18)22(16-25)5-2-3-12-26/h4,6-7,10-11,14-15,18,22,26H,2-3,5,8-9,12-13,16-17,25H2,1H3/t18-,22+/m1/s1. The van der Waals surface area contributed by atoms with Gasteiger partial charge >= 0.3 is 0 Å². The molecule has 3 rings (SSSR count). The van der Waals surface area contributed by atoms with Gasteiger partial charge in [0.15, 0.2) is 0 Å². The van der Waals surface area contributed by atoms with E-state index in [0.717, 1.165) is 56.6 Å². The zero-order chi connectivity index (χ0) is 19.8. The Labute approximate surface area is 168 Å². The van der Waals surface area contributed by atoms with E-state index in [1.54, 1.807) is 7.11 Å². The summed E-state index contributed by atoms with van der Waals surface area (Å²) in [5.41, 5.74) is 10.3. The summed E-state index contributed by atoms with van der Waals surface area (Å²) in [5, 5.41) is 9.00. The van der Waals surface area contributed by atoms with Crippen molar-refractivity contribution in [2.24, 2.45) is 11.7 Å². The van der Waals surface area contributed by atoms with Crippen LogP contribution in [-0.4, -0.2) is 32.0 Å². The Balaban J connectivity index is 1.57. The molecule has 3 N–H and O–H groups in total. The average molecular weight is 384 g/mol. The van der Waals surface area contributed by atoms with Gasteiger partial charge in [-0.05, 0) is 79.3 Å². The van der Waals surface area contributed by atoms with Gasteiger partial charge in [-0.1, -0.05) is 30.7 Å². The molecule has 0 aliphatic heterocycles. The molecule has 2 aromatic carbocycles. The number of aryl methyl sites for hydroxylation is 1. The smallest absolute Gasteiger partial charge is 0.122 e. The van der Waals surface area contributed by atoms with Crippen LogP contribution >= 0.6 is 0 Å². The van der Waals surface area contributed by atoms with Gasteiger partial charge in [-0.15, -0.1) is 0 Å². The van der Waals surface area contributed by atoms with Gasteiger partial charge in [0.05, 0.1) is 13.7 Å². The van der Waals surface area contributed by atoms with Crippen LogP contribution < -0.4 is 15.2 Å². The molecule has 4 nitrogen and oxygen atoms in total. The largest absolute Gasteiger partial charge is 0.497 e. The Morgan fingerprint density at radius 1 is 1.11 bits per heavy atom. The summed E-state index contributed by atoms with van der Waals surface area (Å²) < 4.78 is 11.3. The molecule has 2 atom stereocenters. The lowest BCUT2D eigenvalue weighted by molar-refractivity contribution is 0.233. The fraction of sp³-hybridized carbons (Fsp3) is 0.500. The monoisotopic (exact) mass is 383 g/mol. The van der Waals surface area contributed by atoms with Gasteiger partial charge in [-0.3, -0.25) is 0 Å². The first-order valence-corrected chi connectivity index (χ1v) is 10.4. The van der Waals surface area contributed by atoms with Crippen LogP contribution in [0, 0.1) is 5.92 Å². The minimum Gasteiger partial charge on any atom is -0.497 e. The summed E-state index contributed by atoms with van der Waals surface area (Å²) in [6.07, 6.45) is 6.25. The van der Waals surface area contributed by atoms with Crippen LogP contribution in [0.5, 0.6) is 11.5 Å². The van der Waals surface area contributed by atoms with Crippen molar-refractivity contribution in [3.05, 3.63) is 59.2 Å². The lowest BCUT2D eigenvalue weighted by atomic mass is 9.81. The van der Waals surface area contributed by atoms with Crippen molar-refractivity contribution < 1.29 is 14.6 Å². The number of hydrogen-bond acceptors (Lipinski definition) is 4. The second-order valence-electron chi connectivity index (χ2n) is 7.78. The summed E-state index contributed by atoms with van der Waals surface area (Å²) in [7, 11) is 1.67. The van der Waals surface area contributed by atoms with Gasteiger partial charge in [-0.2, -0.15) is 0 Å². The number of aliphatic hydroxyl groups excluding tert-OH is 1. The maximum atomic E-state index is 9.00. The number of methoxy groups -OCH3 is 1. The third-order valence-electron chi connectivity index (χ3n) is 5.80. The van der Waals surface area contributed by atoms with Gasteiger partial charge in [0, 0.05) is 12.7 Å². The molecule has 0 bridgehead atoms. The maximum absolute atomic E-state index is 9.00. The molecule has 28 heavy (non-hydrogen) atoms. The molecule has 0 unspecified atom stereocenters. The number of hydrogen-bond donors (Lipinski definition) is 2. The number of fused-ring (bicyclic) bond motifs is 1. The van der Waals surface area contributed by atoms with Crippen molar-refractivity contribution in [2.75, 3.05) is 26.9 Å². The fourth-order valence-corrected chi connectivity index (χ4v) is 4.07. The van der Waals surface area contributed by atoms with E-state index in [1.165, 1.54) is 16.7 Å². The summed E-state index contributed by atoms with van der Waals surface area (Å²) in [6, 6.07) is 14.7. The SMILES string of the molecule is COc1cccc(OC[C@@H]2CCc3cc([C@H](CN)CCCCO)ccc3C2)c1. The highest BCUT2D eigenvalue weighted by molar-refractivity contribution is 5.36. The molecule has 0 aromatic heterocycles. The van der Waals surface area contributed by atoms with E-state index in [2.05, 4.69) is 18.2 Å². The van der Waals surface area contributed by atoms with Gasteiger partial charge in [-0.25, -0.2) is 0 Å². The molecule has 0 radical (unpaired) electrons. The molecule has 0 spiro atoms. The Hall–Kier alpha value is -2.04. The lowest BCUT2D eigenvalue weighted by Crippen LogP contribution is -2.21. The van der Waals surface area contributed by atoms with E-state index < -0.39 is 0 Å². The van der Waals surface area contributed by atoms with E-state index in [-0.39, 0.29) is 6.61 Å². The van der Waals surface area contributed by atoms with Crippen LogP contribution in [0.25, 0.3) is 0 Å². The number of benzene rings is 2. The third kappa shape index (κ3) is 5.49. The first-order chi connectivity index (χ1) is 13.7. The van der Waals surface area contributed by atoms with Gasteiger partial charge in [0.2, 0.25) is 0 Å². The van der Waals surface area contributed by atoms with Gasteiger partial charge in [0.1, 0.15) is 11.5 Å². The maximum Gasteiger partial charge on any atom is 0.122 e. The molecule has 0 saturated heterocycles. The molecule has 0 saturated carbocycles. The summed E-state index contributed by atoms with van der Waals surface area (Å²) in [5.74, 6) is 2.63. The second kappa shape index (κ2) is 10.5.